The molecule has 0 bridgehead atoms. The number of nitrogen functional groups attached to an aromatic ring is 1. The molecule has 3 heterocycles. The predicted octanol–water partition coefficient (Wildman–Crippen LogP) is 4.26. The lowest BCUT2D eigenvalue weighted by Gasteiger charge is -2.13. The molecule has 1 aliphatic heterocycles. The van der Waals surface area contributed by atoms with Crippen LogP contribution in [0.3, 0.4) is 0 Å². The van der Waals surface area contributed by atoms with Crippen molar-refractivity contribution in [1.82, 2.24) is 20.3 Å². The molecule has 0 fully saturated rings. The minimum absolute atomic E-state index is 0.484. The molecule has 178 valence electrons. The molecule has 1 aliphatic carbocycles. The van der Waals surface area contributed by atoms with E-state index < -0.39 is 0 Å². The molecule has 0 spiro atoms. The molecule has 8 heteroatoms. The molecule has 2 aromatic carbocycles. The third-order valence-corrected chi connectivity index (χ3v) is 6.81. The average Bonchev–Trinajstić information content (AvgIpc) is 3.60. The van der Waals surface area contributed by atoms with Crippen molar-refractivity contribution in [2.45, 2.75) is 38.1 Å². The molecule has 0 radical (unpaired) electrons. The molecule has 2 aliphatic rings. The number of hydrogen-bond donors (Lipinski definition) is 4. The van der Waals surface area contributed by atoms with Crippen LogP contribution in [0.2, 0.25) is 0 Å². The molecule has 0 saturated heterocycles. The summed E-state index contributed by atoms with van der Waals surface area (Å²) < 4.78 is 8.09. The molecule has 2 aromatic heterocycles. The second-order valence-corrected chi connectivity index (χ2v) is 9.25. The molecule has 5 N–H and O–H groups in total. The lowest BCUT2D eigenvalue weighted by molar-refractivity contribution is 0.297. The van der Waals surface area contributed by atoms with Crippen LogP contribution in [0.5, 0.6) is 5.75 Å². The fraction of sp³-hybridized carbons (Fsp3) is 0.259. The van der Waals surface area contributed by atoms with Gasteiger partial charge in [-0.05, 0) is 71.2 Å². The van der Waals surface area contributed by atoms with Crippen molar-refractivity contribution >= 4 is 17.3 Å². The molecule has 6 rings (SSSR count). The highest BCUT2D eigenvalue weighted by Crippen LogP contribution is 2.35. The molecule has 0 saturated carbocycles. The monoisotopic (exact) mass is 467 g/mol. The zero-order valence-corrected chi connectivity index (χ0v) is 19.5. The summed E-state index contributed by atoms with van der Waals surface area (Å²) in [6.45, 7) is 1.41. The molecular formula is C27H29N7O. The topological polar surface area (TPSA) is 102 Å². The van der Waals surface area contributed by atoms with Gasteiger partial charge in [0.25, 0.3) is 0 Å². The Morgan fingerprint density at radius 3 is 2.97 bits per heavy atom. The Balaban J connectivity index is 1.06. The standard InChI is InChI=1S/C27H29N7O/c28-25-14-22(26-27(30-25)32-33-31-26)12-19-15-29-34(17-19)16-18-4-3-6-23(13-18)35-11-10-21-9-8-20-5-1-2-7-24(20)21/h1-7,13-15,17,21,31,33H,8-12,16H2,(H3,28,30,32). The van der Waals surface area contributed by atoms with Crippen LogP contribution < -0.4 is 26.9 Å². The normalized spacial score (nSPS) is 15.8. The van der Waals surface area contributed by atoms with Gasteiger partial charge in [-0.1, -0.05) is 36.4 Å². The maximum atomic E-state index is 6.13. The highest BCUT2D eigenvalue weighted by molar-refractivity contribution is 5.74. The van der Waals surface area contributed by atoms with Crippen molar-refractivity contribution in [3.05, 3.63) is 94.8 Å². The Bertz CT molecular complexity index is 1350. The van der Waals surface area contributed by atoms with E-state index in [1.165, 1.54) is 24.0 Å². The third-order valence-electron chi connectivity index (χ3n) is 6.81. The summed E-state index contributed by atoms with van der Waals surface area (Å²) in [5.41, 5.74) is 22.1. The number of aromatic nitrogens is 3. The van der Waals surface area contributed by atoms with Gasteiger partial charge >= 0.3 is 0 Å². The van der Waals surface area contributed by atoms with E-state index in [0.717, 1.165) is 41.2 Å². The third kappa shape index (κ3) is 4.65. The number of anilines is 3. The van der Waals surface area contributed by atoms with Crippen LogP contribution in [0.1, 0.15) is 46.6 Å². The van der Waals surface area contributed by atoms with Crippen molar-refractivity contribution in [2.75, 3.05) is 23.2 Å². The summed E-state index contributed by atoms with van der Waals surface area (Å²) in [6, 6.07) is 19.0. The smallest absolute Gasteiger partial charge is 0.169 e. The Labute approximate surface area is 204 Å². The van der Waals surface area contributed by atoms with Crippen molar-refractivity contribution in [3.8, 4) is 5.75 Å². The summed E-state index contributed by atoms with van der Waals surface area (Å²) >= 11 is 0. The molecule has 1 unspecified atom stereocenters. The summed E-state index contributed by atoms with van der Waals surface area (Å²) in [7, 11) is 0. The number of nitrogens with two attached hydrogens (primary N) is 1. The average molecular weight is 468 g/mol. The number of hydrogen-bond acceptors (Lipinski definition) is 7. The van der Waals surface area contributed by atoms with Gasteiger partial charge in [-0.2, -0.15) is 5.10 Å². The van der Waals surface area contributed by atoms with E-state index in [1.54, 1.807) is 0 Å². The van der Waals surface area contributed by atoms with Gasteiger partial charge in [0.15, 0.2) is 5.82 Å². The number of fused-ring (bicyclic) bond motifs is 2. The van der Waals surface area contributed by atoms with E-state index in [4.69, 9.17) is 10.5 Å². The first kappa shape index (κ1) is 21.5. The van der Waals surface area contributed by atoms with Crippen molar-refractivity contribution < 1.29 is 4.74 Å². The maximum Gasteiger partial charge on any atom is 0.169 e. The number of nitrogens with zero attached hydrogens (tertiary/aromatic N) is 3. The maximum absolute atomic E-state index is 6.13. The molecule has 4 aromatic rings. The first-order valence-electron chi connectivity index (χ1n) is 12.1. The number of nitrogens with one attached hydrogen (secondary N) is 3. The predicted molar refractivity (Wildman–Crippen MR) is 137 cm³/mol. The van der Waals surface area contributed by atoms with E-state index in [9.17, 15) is 0 Å². The molecule has 1 atom stereocenters. The van der Waals surface area contributed by atoms with E-state index in [2.05, 4.69) is 75.1 Å². The van der Waals surface area contributed by atoms with Crippen LogP contribution in [0, 0.1) is 0 Å². The molecule has 0 amide bonds. The lowest BCUT2D eigenvalue weighted by atomic mass is 9.98. The first-order valence-corrected chi connectivity index (χ1v) is 12.1. The highest BCUT2D eigenvalue weighted by atomic mass is 16.5. The van der Waals surface area contributed by atoms with Crippen LogP contribution in [0.15, 0.2) is 67.0 Å². The van der Waals surface area contributed by atoms with Crippen LogP contribution in [-0.2, 0) is 19.4 Å². The van der Waals surface area contributed by atoms with E-state index >= 15 is 0 Å². The van der Waals surface area contributed by atoms with E-state index in [-0.39, 0.29) is 0 Å². The van der Waals surface area contributed by atoms with E-state index in [0.29, 0.717) is 30.5 Å². The van der Waals surface area contributed by atoms with Crippen molar-refractivity contribution in [3.63, 3.8) is 0 Å². The van der Waals surface area contributed by atoms with Crippen molar-refractivity contribution in [2.24, 2.45) is 0 Å². The minimum Gasteiger partial charge on any atom is -0.494 e. The van der Waals surface area contributed by atoms with Gasteiger partial charge in [-0.3, -0.25) is 10.1 Å². The zero-order valence-electron chi connectivity index (χ0n) is 19.5. The fourth-order valence-corrected chi connectivity index (χ4v) is 5.13. The summed E-state index contributed by atoms with van der Waals surface area (Å²) in [4.78, 5) is 4.29. The fourth-order valence-electron chi connectivity index (χ4n) is 5.13. The van der Waals surface area contributed by atoms with E-state index in [1.807, 2.05) is 23.0 Å². The summed E-state index contributed by atoms with van der Waals surface area (Å²) in [5.74, 6) is 2.71. The van der Waals surface area contributed by atoms with Gasteiger partial charge in [-0.25, -0.2) is 4.98 Å². The van der Waals surface area contributed by atoms with Gasteiger partial charge in [-0.15, -0.1) is 5.53 Å². The number of ether oxygens (including phenoxy) is 1. The molecular weight excluding hydrogens is 438 g/mol. The Morgan fingerprint density at radius 2 is 2.00 bits per heavy atom. The van der Waals surface area contributed by atoms with Gasteiger partial charge in [0.2, 0.25) is 0 Å². The van der Waals surface area contributed by atoms with Gasteiger partial charge in [0.1, 0.15) is 11.6 Å². The molecule has 35 heavy (non-hydrogen) atoms. The number of aryl methyl sites for hydroxylation is 1. The number of benzene rings is 2. The second kappa shape index (κ2) is 9.31. The van der Waals surface area contributed by atoms with Crippen LogP contribution >= 0.6 is 0 Å². The second-order valence-electron chi connectivity index (χ2n) is 9.25. The quantitative estimate of drug-likeness (QED) is 0.307. The van der Waals surface area contributed by atoms with Crippen molar-refractivity contribution in [1.29, 1.82) is 0 Å². The van der Waals surface area contributed by atoms with Crippen LogP contribution in [-0.4, -0.2) is 21.4 Å². The Morgan fingerprint density at radius 1 is 1.06 bits per heavy atom. The lowest BCUT2D eigenvalue weighted by Crippen LogP contribution is -2.19. The minimum atomic E-state index is 0.484. The highest BCUT2D eigenvalue weighted by Gasteiger charge is 2.21. The van der Waals surface area contributed by atoms with Crippen LogP contribution in [0.4, 0.5) is 17.3 Å². The Hall–Kier alpha value is -4.04. The summed E-state index contributed by atoms with van der Waals surface area (Å²) in [5, 5.41) is 4.57. The SMILES string of the molecule is Nc1cc(Cc2cnn(Cc3cccc(OCCC4CCc5ccccc54)c3)c2)c2c(n1)NNN2. The van der Waals surface area contributed by atoms with Gasteiger partial charge in [0, 0.05) is 12.6 Å². The van der Waals surface area contributed by atoms with Gasteiger partial charge in [0.05, 0.1) is 25.0 Å². The zero-order chi connectivity index (χ0) is 23.6. The number of rotatable bonds is 8. The number of hydrazine groups is 2. The Kier molecular flexibility index (Phi) is 5.71. The largest absolute Gasteiger partial charge is 0.494 e. The van der Waals surface area contributed by atoms with Crippen LogP contribution in [0.25, 0.3) is 0 Å². The first-order chi connectivity index (χ1) is 17.2. The summed E-state index contributed by atoms with van der Waals surface area (Å²) in [6.07, 6.45) is 8.14. The molecule has 8 nitrogen and oxygen atoms in total. The van der Waals surface area contributed by atoms with Gasteiger partial charge < -0.3 is 15.9 Å². The number of pyridine rings is 1.